The van der Waals surface area contributed by atoms with Crippen LogP contribution in [0.1, 0.15) is 72.6 Å². The van der Waals surface area contributed by atoms with Crippen molar-refractivity contribution in [2.24, 2.45) is 13.0 Å². The molecular weight excluding hydrogens is 840 g/mol. The molecule has 2 fully saturated rings. The van der Waals surface area contributed by atoms with Crippen molar-refractivity contribution in [1.29, 1.82) is 0 Å². The molecule has 0 spiro atoms. The van der Waals surface area contributed by atoms with E-state index in [1.165, 1.54) is 21.9 Å². The number of carbonyl (C=O) groups is 2. The lowest BCUT2D eigenvalue weighted by Crippen LogP contribution is -2.43. The molecule has 20 heteroatoms. The Labute approximate surface area is 345 Å². The number of halogens is 7. The Morgan fingerprint density at radius 3 is 2.50 bits per heavy atom. The van der Waals surface area contributed by atoms with E-state index in [2.05, 4.69) is 27.4 Å². The molecule has 0 radical (unpaired) electrons. The van der Waals surface area contributed by atoms with Crippen LogP contribution in [0.3, 0.4) is 0 Å². The molecule has 5 aromatic rings. The Hall–Kier alpha value is -5.61. The number of rotatable bonds is 11. The van der Waals surface area contributed by atoms with E-state index in [1.807, 2.05) is 0 Å². The van der Waals surface area contributed by atoms with E-state index in [0.717, 1.165) is 12.1 Å². The summed E-state index contributed by atoms with van der Waals surface area (Å²) in [5, 5.41) is 11.3. The van der Waals surface area contributed by atoms with Crippen LogP contribution in [0.5, 0.6) is 5.88 Å². The molecule has 1 unspecified atom stereocenters. The number of ether oxygens (including phenoxy) is 1. The normalized spacial score (nSPS) is 18.8. The topological polar surface area (TPSA) is 133 Å². The third kappa shape index (κ3) is 7.44. The highest BCUT2D eigenvalue weighted by Crippen LogP contribution is 2.68. The van der Waals surface area contributed by atoms with Crippen LogP contribution < -0.4 is 9.50 Å². The molecule has 8 rings (SSSR count). The van der Waals surface area contributed by atoms with Crippen molar-refractivity contribution < 1.29 is 49.1 Å². The third-order valence-electron chi connectivity index (χ3n) is 10.7. The molecule has 3 aliphatic rings. The summed E-state index contributed by atoms with van der Waals surface area (Å²) in [6, 6.07) is 7.78. The highest BCUT2D eigenvalue weighted by Gasteiger charge is 2.67. The first-order chi connectivity index (χ1) is 28.3. The Bertz CT molecular complexity index is 2680. The largest absolute Gasteiger partial charge is 0.447 e. The maximum absolute atomic E-state index is 15.5. The number of benzene rings is 2. The molecule has 3 aromatic heterocycles. The van der Waals surface area contributed by atoms with Gasteiger partial charge in [-0.2, -0.15) is 13.9 Å². The number of carbonyl (C=O) groups excluding carboxylic acids is 2. The van der Waals surface area contributed by atoms with Crippen molar-refractivity contribution in [2.75, 3.05) is 19.4 Å². The highest BCUT2D eigenvalue weighted by atomic mass is 35.5. The number of fused-ring (bicyclic) bond motifs is 4. The molecule has 4 atom stereocenters. The number of aromatic nitrogens is 5. The maximum atomic E-state index is 15.5. The van der Waals surface area contributed by atoms with Gasteiger partial charge in [0.2, 0.25) is 17.0 Å². The van der Waals surface area contributed by atoms with Gasteiger partial charge in [0.15, 0.2) is 0 Å². The fourth-order valence-electron chi connectivity index (χ4n) is 8.09. The molecule has 60 heavy (non-hydrogen) atoms. The molecule has 314 valence electrons. The molecule has 1 saturated heterocycles. The van der Waals surface area contributed by atoms with Crippen LogP contribution in [-0.2, 0) is 46.5 Å². The first-order valence-corrected chi connectivity index (χ1v) is 20.4. The lowest BCUT2D eigenvalue weighted by Gasteiger charge is -2.27. The lowest BCUT2D eigenvalue weighted by atomic mass is 9.93. The summed E-state index contributed by atoms with van der Waals surface area (Å²) in [6.45, 7) is 2.97. The molecule has 0 bridgehead atoms. The van der Waals surface area contributed by atoms with Crippen molar-refractivity contribution in [3.05, 3.63) is 93.0 Å². The number of nitrogens with one attached hydrogen (secondary N) is 1. The zero-order chi connectivity index (χ0) is 43.0. The first-order valence-electron chi connectivity index (χ1n) is 18.5. The van der Waals surface area contributed by atoms with Gasteiger partial charge in [0.1, 0.15) is 47.4 Å². The summed E-state index contributed by atoms with van der Waals surface area (Å²) in [7, 11) is 1.58. The van der Waals surface area contributed by atoms with Gasteiger partial charge in [-0.3, -0.25) is 19.1 Å². The number of nitrogens with zero attached hydrogens (tertiary/aromatic N) is 6. The molecule has 1 N–H and O–H groups in total. The number of hydrogen-bond donors (Lipinski definition) is 1. The summed E-state index contributed by atoms with van der Waals surface area (Å²) < 4.78 is 113. The number of amides is 2. The second-order valence-corrected chi connectivity index (χ2v) is 16.6. The number of cyclic esters (lactones) is 1. The molecule has 2 aromatic carbocycles. The van der Waals surface area contributed by atoms with E-state index in [9.17, 15) is 31.4 Å². The smallest absolute Gasteiger partial charge is 0.411 e. The SMILES string of the molecule is Cn1nc(OS(C)=O)c2c(Cl)ccc(-c3ccc(C#CC(C)(C)N4CCOC4=O)nc3[C@H](Cc3cc(F)cc(F)c3)NC(=O)Cn3nc(C(F)F)c4c3C(F)(F)[C@@H]3C[C@H]43)c21. The maximum Gasteiger partial charge on any atom is 0.411 e. The number of hydrogen-bond acceptors (Lipinski definition) is 8. The Morgan fingerprint density at radius 1 is 1.12 bits per heavy atom. The van der Waals surface area contributed by atoms with Crippen LogP contribution in [-0.4, -0.2) is 70.6 Å². The Kier molecular flexibility index (Phi) is 10.4. The Balaban J connectivity index is 1.27. The van der Waals surface area contributed by atoms with Gasteiger partial charge >= 0.3 is 6.09 Å². The van der Waals surface area contributed by atoms with E-state index in [0.29, 0.717) is 27.4 Å². The molecule has 2 amide bonds. The minimum Gasteiger partial charge on any atom is -0.447 e. The van der Waals surface area contributed by atoms with Gasteiger partial charge in [0, 0.05) is 42.0 Å². The van der Waals surface area contributed by atoms with Crippen LogP contribution in [0.2, 0.25) is 5.02 Å². The fourth-order valence-corrected chi connectivity index (χ4v) is 8.66. The minimum absolute atomic E-state index is 0.0232. The van der Waals surface area contributed by atoms with E-state index in [1.54, 1.807) is 39.1 Å². The molecular formula is C40H34ClF6N7O5S. The monoisotopic (exact) mass is 873 g/mol. The van der Waals surface area contributed by atoms with Crippen molar-refractivity contribution >= 4 is 45.6 Å². The average Bonchev–Trinajstić information content (AvgIpc) is 3.37. The average molecular weight is 874 g/mol. The number of alkyl halides is 4. The second kappa shape index (κ2) is 15.1. The molecule has 1 aliphatic heterocycles. The zero-order valence-electron chi connectivity index (χ0n) is 32.2. The number of aryl methyl sites for hydroxylation is 1. The zero-order valence-corrected chi connectivity index (χ0v) is 33.7. The standard InChI is InChI=1S/C40H34ClF6N7O5S/c1-39(2,53-11-12-58-38(53)56)10-9-22-5-6-23(24-7-8-27(41)31-34(24)52(3)51-37(31)59-60(4)57)32(48-22)28(15-19-13-20(42)16-21(43)14-19)49-29(55)18-54-35-30(33(50-54)36(44)45)25-17-26(25)40(35,46)47/h5-8,13-14,16,25-26,28,36H,11-12,15,17-18H2,1-4H3,(H,49,55)/t25-,26+,28-,60?/m0/s1. The van der Waals surface area contributed by atoms with Crippen LogP contribution in [0.25, 0.3) is 22.0 Å². The van der Waals surface area contributed by atoms with Crippen LogP contribution >= 0.6 is 11.6 Å². The molecule has 2 aliphatic carbocycles. The summed E-state index contributed by atoms with van der Waals surface area (Å²) in [6.07, 6.45) is -2.73. The molecule has 1 saturated carbocycles. The predicted molar refractivity (Wildman–Crippen MR) is 206 cm³/mol. The Morgan fingerprint density at radius 2 is 1.83 bits per heavy atom. The second-order valence-electron chi connectivity index (χ2n) is 15.2. The summed E-state index contributed by atoms with van der Waals surface area (Å²) >= 11 is 4.83. The van der Waals surface area contributed by atoms with Gasteiger partial charge in [-0.25, -0.2) is 31.5 Å². The minimum atomic E-state index is -3.50. The summed E-state index contributed by atoms with van der Waals surface area (Å²) in [5.41, 5.74) is -1.51. The van der Waals surface area contributed by atoms with Gasteiger partial charge in [0.25, 0.3) is 18.2 Å². The van der Waals surface area contributed by atoms with Crippen LogP contribution in [0.4, 0.5) is 31.1 Å². The van der Waals surface area contributed by atoms with Gasteiger partial charge < -0.3 is 14.2 Å². The van der Waals surface area contributed by atoms with Crippen molar-refractivity contribution in [2.45, 2.75) is 63.1 Å². The van der Waals surface area contributed by atoms with E-state index < -0.39 is 88.4 Å². The molecule has 4 heterocycles. The predicted octanol–water partition coefficient (Wildman–Crippen LogP) is 7.26. The molecule has 12 nitrogen and oxygen atoms in total. The van der Waals surface area contributed by atoms with Gasteiger partial charge in [-0.15, -0.1) is 5.10 Å². The first kappa shape index (κ1) is 41.1. The lowest BCUT2D eigenvalue weighted by molar-refractivity contribution is -0.123. The van der Waals surface area contributed by atoms with Crippen LogP contribution in [0, 0.1) is 29.4 Å². The summed E-state index contributed by atoms with van der Waals surface area (Å²) in [5.74, 6) is -2.32. The van der Waals surface area contributed by atoms with E-state index in [-0.39, 0.29) is 64.8 Å². The third-order valence-corrected chi connectivity index (χ3v) is 11.4. The van der Waals surface area contributed by atoms with E-state index in [4.69, 9.17) is 25.5 Å². The fraction of sp³-hybridized carbons (Fsp3) is 0.375. The van der Waals surface area contributed by atoms with Crippen molar-refractivity contribution in [3.63, 3.8) is 0 Å². The van der Waals surface area contributed by atoms with Gasteiger partial charge in [-0.1, -0.05) is 23.6 Å². The van der Waals surface area contributed by atoms with Gasteiger partial charge in [0.05, 0.1) is 34.2 Å². The van der Waals surface area contributed by atoms with Crippen molar-refractivity contribution in [1.82, 2.24) is 34.8 Å². The summed E-state index contributed by atoms with van der Waals surface area (Å²) in [4.78, 5) is 32.7. The number of pyridine rings is 1. The quantitative estimate of drug-likeness (QED) is 0.108. The highest BCUT2D eigenvalue weighted by molar-refractivity contribution is 7.79. The van der Waals surface area contributed by atoms with Gasteiger partial charge in [-0.05, 0) is 74.4 Å². The van der Waals surface area contributed by atoms with Crippen LogP contribution in [0.15, 0.2) is 42.5 Å². The van der Waals surface area contributed by atoms with Crippen molar-refractivity contribution in [3.8, 4) is 28.8 Å². The van der Waals surface area contributed by atoms with E-state index >= 15 is 8.78 Å².